The molecule has 0 saturated heterocycles. The van der Waals surface area contributed by atoms with Crippen LogP contribution in [0.4, 0.5) is 0 Å². The molecule has 0 atom stereocenters. The molecule has 1 N–H and O–H groups in total. The fraction of sp³-hybridized carbons (Fsp3) is 0.429. The van der Waals surface area contributed by atoms with E-state index in [0.29, 0.717) is 0 Å². The first-order chi connectivity index (χ1) is 8.90. The lowest BCUT2D eigenvalue weighted by molar-refractivity contribution is 0.549. The van der Waals surface area contributed by atoms with E-state index in [1.165, 1.54) is 5.69 Å². The van der Waals surface area contributed by atoms with Gasteiger partial charge in [0.1, 0.15) is 0 Å². The van der Waals surface area contributed by atoms with E-state index >= 15 is 0 Å². The summed E-state index contributed by atoms with van der Waals surface area (Å²) >= 11 is 0. The predicted octanol–water partition coefficient (Wildman–Crippen LogP) is 2.02. The lowest BCUT2D eigenvalue weighted by Crippen LogP contribution is -2.19. The highest BCUT2D eigenvalue weighted by molar-refractivity contribution is 5.04. The summed E-state index contributed by atoms with van der Waals surface area (Å²) in [6.07, 6.45) is 5.78. The van der Waals surface area contributed by atoms with Gasteiger partial charge < -0.3 is 5.32 Å². The molecule has 0 unspecified atom stereocenters. The average Bonchev–Trinajstić information content (AvgIpc) is 2.84. The van der Waals surface area contributed by atoms with E-state index < -0.39 is 0 Å². The van der Waals surface area contributed by atoms with Crippen molar-refractivity contribution in [2.75, 3.05) is 6.54 Å². The van der Waals surface area contributed by atoms with Crippen LogP contribution in [0.25, 0.3) is 0 Å². The molecule has 0 bridgehead atoms. The van der Waals surface area contributed by atoms with Gasteiger partial charge in [-0.2, -0.15) is 5.10 Å². The Labute approximate surface area is 108 Å². The van der Waals surface area contributed by atoms with Gasteiger partial charge in [-0.05, 0) is 24.6 Å². The number of aromatic nitrogens is 3. The summed E-state index contributed by atoms with van der Waals surface area (Å²) < 4.78 is 2.06. The highest BCUT2D eigenvalue weighted by atomic mass is 15.3. The van der Waals surface area contributed by atoms with Gasteiger partial charge in [-0.3, -0.25) is 9.67 Å². The molecule has 0 amide bonds. The van der Waals surface area contributed by atoms with Crippen molar-refractivity contribution in [2.45, 2.75) is 32.9 Å². The summed E-state index contributed by atoms with van der Waals surface area (Å²) in [7, 11) is 0. The Morgan fingerprint density at radius 2 is 2.17 bits per heavy atom. The van der Waals surface area contributed by atoms with Gasteiger partial charge in [0.25, 0.3) is 0 Å². The topological polar surface area (TPSA) is 42.7 Å². The van der Waals surface area contributed by atoms with Crippen molar-refractivity contribution in [3.8, 4) is 0 Å². The van der Waals surface area contributed by atoms with Crippen molar-refractivity contribution >= 4 is 0 Å². The summed E-state index contributed by atoms with van der Waals surface area (Å²) in [5, 5.41) is 7.74. The van der Waals surface area contributed by atoms with Gasteiger partial charge >= 0.3 is 0 Å². The van der Waals surface area contributed by atoms with Crippen molar-refractivity contribution in [2.24, 2.45) is 0 Å². The molecule has 4 nitrogen and oxygen atoms in total. The molecule has 2 heterocycles. The quantitative estimate of drug-likeness (QED) is 0.758. The molecule has 2 rings (SSSR count). The fourth-order valence-electron chi connectivity index (χ4n) is 1.90. The highest BCUT2D eigenvalue weighted by Gasteiger charge is 2.00. The molecule has 0 aliphatic heterocycles. The number of hydrogen-bond acceptors (Lipinski definition) is 3. The minimum Gasteiger partial charge on any atom is -0.311 e. The zero-order chi connectivity index (χ0) is 12.6. The van der Waals surface area contributed by atoms with E-state index in [2.05, 4.69) is 39.1 Å². The first-order valence-electron chi connectivity index (χ1n) is 6.51. The minimum absolute atomic E-state index is 0.868. The second kappa shape index (κ2) is 6.91. The third kappa shape index (κ3) is 3.67. The minimum atomic E-state index is 0.868. The Hall–Kier alpha value is -1.68. The lowest BCUT2D eigenvalue weighted by Gasteiger charge is -2.07. The maximum absolute atomic E-state index is 4.31. The monoisotopic (exact) mass is 244 g/mol. The zero-order valence-corrected chi connectivity index (χ0v) is 10.8. The zero-order valence-electron chi connectivity index (χ0n) is 10.8. The van der Waals surface area contributed by atoms with E-state index in [4.69, 9.17) is 0 Å². The van der Waals surface area contributed by atoms with Crippen molar-refractivity contribution in [3.05, 3.63) is 48.0 Å². The first-order valence-corrected chi connectivity index (χ1v) is 6.51. The van der Waals surface area contributed by atoms with Crippen LogP contribution >= 0.6 is 0 Å². The molecule has 0 aromatic carbocycles. The number of nitrogens with zero attached hydrogens (tertiary/aromatic N) is 3. The summed E-state index contributed by atoms with van der Waals surface area (Å²) in [4.78, 5) is 4.30. The number of aryl methyl sites for hydroxylation is 1. The molecule has 0 aliphatic rings. The first kappa shape index (κ1) is 12.8. The predicted molar refractivity (Wildman–Crippen MR) is 72.2 cm³/mol. The molecule has 0 spiro atoms. The summed E-state index contributed by atoms with van der Waals surface area (Å²) in [5.74, 6) is 0. The second-order valence-corrected chi connectivity index (χ2v) is 4.29. The molecule has 2 aromatic rings. The summed E-state index contributed by atoms with van der Waals surface area (Å²) in [6.45, 7) is 4.96. The lowest BCUT2D eigenvalue weighted by atomic mass is 10.2. The third-order valence-corrected chi connectivity index (χ3v) is 2.83. The van der Waals surface area contributed by atoms with Crippen molar-refractivity contribution in [1.82, 2.24) is 20.1 Å². The Kier molecular flexibility index (Phi) is 4.90. The van der Waals surface area contributed by atoms with Gasteiger partial charge in [-0.25, -0.2) is 0 Å². The summed E-state index contributed by atoms with van der Waals surface area (Å²) in [5.41, 5.74) is 2.38. The largest absolute Gasteiger partial charge is 0.311 e. The standard InChI is InChI=1S/C14H20N4/c1-2-11-18-14(7-10-17-18)12-15-9-6-13-5-3-4-8-16-13/h3-5,7-8,10,15H,2,6,9,11-12H2,1H3. The van der Waals surface area contributed by atoms with Gasteiger partial charge in [-0.15, -0.1) is 0 Å². The Morgan fingerprint density at radius 3 is 2.94 bits per heavy atom. The third-order valence-electron chi connectivity index (χ3n) is 2.83. The van der Waals surface area contributed by atoms with Crippen LogP contribution in [-0.2, 0) is 19.5 Å². The van der Waals surface area contributed by atoms with Crippen LogP contribution in [0.3, 0.4) is 0 Å². The average molecular weight is 244 g/mol. The molecule has 96 valence electrons. The Morgan fingerprint density at radius 1 is 1.22 bits per heavy atom. The SMILES string of the molecule is CCCn1nccc1CNCCc1ccccn1. The van der Waals surface area contributed by atoms with Crippen molar-refractivity contribution in [1.29, 1.82) is 0 Å². The molecule has 18 heavy (non-hydrogen) atoms. The van der Waals surface area contributed by atoms with Gasteiger partial charge in [0.05, 0.1) is 5.69 Å². The van der Waals surface area contributed by atoms with Crippen LogP contribution in [0.15, 0.2) is 36.7 Å². The molecule has 0 fully saturated rings. The number of nitrogens with one attached hydrogen (secondary N) is 1. The Balaban J connectivity index is 1.73. The van der Waals surface area contributed by atoms with Gasteiger partial charge in [0.15, 0.2) is 0 Å². The van der Waals surface area contributed by atoms with Gasteiger partial charge in [-0.1, -0.05) is 13.0 Å². The van der Waals surface area contributed by atoms with Gasteiger partial charge in [0.2, 0.25) is 0 Å². The molecular weight excluding hydrogens is 224 g/mol. The van der Waals surface area contributed by atoms with Crippen LogP contribution < -0.4 is 5.32 Å². The second-order valence-electron chi connectivity index (χ2n) is 4.29. The molecule has 0 aliphatic carbocycles. The van der Waals surface area contributed by atoms with E-state index in [9.17, 15) is 0 Å². The number of pyridine rings is 1. The van der Waals surface area contributed by atoms with E-state index in [1.807, 2.05) is 24.5 Å². The summed E-state index contributed by atoms with van der Waals surface area (Å²) in [6, 6.07) is 8.10. The molecule has 4 heteroatoms. The molecule has 0 saturated carbocycles. The molecule has 2 aromatic heterocycles. The van der Waals surface area contributed by atoms with Crippen LogP contribution in [-0.4, -0.2) is 21.3 Å². The maximum Gasteiger partial charge on any atom is 0.0522 e. The van der Waals surface area contributed by atoms with Crippen molar-refractivity contribution in [3.63, 3.8) is 0 Å². The maximum atomic E-state index is 4.31. The molecule has 0 radical (unpaired) electrons. The fourth-order valence-corrected chi connectivity index (χ4v) is 1.90. The number of hydrogen-bond donors (Lipinski definition) is 1. The van der Waals surface area contributed by atoms with Gasteiger partial charge in [0, 0.05) is 44.1 Å². The van der Waals surface area contributed by atoms with E-state index in [0.717, 1.165) is 38.2 Å². The van der Waals surface area contributed by atoms with Crippen LogP contribution in [0, 0.1) is 0 Å². The highest BCUT2D eigenvalue weighted by Crippen LogP contribution is 2.00. The van der Waals surface area contributed by atoms with Crippen LogP contribution in [0.2, 0.25) is 0 Å². The van der Waals surface area contributed by atoms with Crippen LogP contribution in [0.1, 0.15) is 24.7 Å². The molecular formula is C14H20N4. The van der Waals surface area contributed by atoms with Crippen molar-refractivity contribution < 1.29 is 0 Å². The normalized spacial score (nSPS) is 10.7. The Bertz CT molecular complexity index is 450. The van der Waals surface area contributed by atoms with Crippen LogP contribution in [0.5, 0.6) is 0 Å². The van der Waals surface area contributed by atoms with E-state index in [-0.39, 0.29) is 0 Å². The smallest absolute Gasteiger partial charge is 0.0522 e. The number of rotatable bonds is 7. The van der Waals surface area contributed by atoms with E-state index in [1.54, 1.807) is 0 Å².